The van der Waals surface area contributed by atoms with Gasteiger partial charge in [-0.25, -0.2) is 8.42 Å². The van der Waals surface area contributed by atoms with Crippen molar-refractivity contribution in [3.63, 3.8) is 0 Å². The van der Waals surface area contributed by atoms with Crippen molar-refractivity contribution in [3.8, 4) is 17.2 Å². The molecule has 0 aliphatic heterocycles. The summed E-state index contributed by atoms with van der Waals surface area (Å²) in [7, 11) is -0.774. The van der Waals surface area contributed by atoms with Crippen LogP contribution in [-0.4, -0.2) is 54.5 Å². The Balaban J connectivity index is 1.91. The van der Waals surface area contributed by atoms with Gasteiger partial charge in [-0.3, -0.25) is 9.10 Å². The van der Waals surface area contributed by atoms with Crippen LogP contribution in [-0.2, 0) is 14.8 Å². The first-order valence-electron chi connectivity index (χ1n) is 10.0. The van der Waals surface area contributed by atoms with E-state index in [9.17, 15) is 13.2 Å². The van der Waals surface area contributed by atoms with E-state index in [1.807, 2.05) is 31.2 Å². The molecule has 10 heteroatoms. The van der Waals surface area contributed by atoms with E-state index in [1.165, 1.54) is 30.7 Å². The number of nitrogens with one attached hydrogen (secondary N) is 1. The van der Waals surface area contributed by atoms with Gasteiger partial charge in [0.2, 0.25) is 15.9 Å². The largest absolute Gasteiger partial charge is 0.495 e. The highest BCUT2D eigenvalue weighted by Crippen LogP contribution is 2.39. The summed E-state index contributed by atoms with van der Waals surface area (Å²) < 4.78 is 42.1. The molecule has 0 bridgehead atoms. The van der Waals surface area contributed by atoms with Crippen LogP contribution in [0, 0.1) is 6.92 Å². The minimum atomic E-state index is -3.64. The average molecular weight is 485 g/mol. The van der Waals surface area contributed by atoms with Crippen molar-refractivity contribution >= 4 is 33.2 Å². The van der Waals surface area contributed by atoms with Crippen molar-refractivity contribution < 1.29 is 27.4 Å². The van der Waals surface area contributed by atoms with Crippen LogP contribution in [0.3, 0.4) is 0 Å². The summed E-state index contributed by atoms with van der Waals surface area (Å²) in [6.07, 6.45) is 1.56. The Morgan fingerprint density at radius 1 is 1.12 bits per heavy atom. The molecule has 0 spiro atoms. The van der Waals surface area contributed by atoms with Gasteiger partial charge in [0.15, 0.2) is 0 Å². The molecule has 8 nitrogen and oxygen atoms in total. The maximum atomic E-state index is 12.4. The molecule has 2 aromatic carbocycles. The number of methoxy groups -OCH3 is 2. The summed E-state index contributed by atoms with van der Waals surface area (Å²) in [5.74, 6) is 1.17. The molecule has 0 saturated heterocycles. The fourth-order valence-corrected chi connectivity index (χ4v) is 4.23. The van der Waals surface area contributed by atoms with E-state index in [0.29, 0.717) is 41.8 Å². The maximum Gasteiger partial charge on any atom is 0.232 e. The highest BCUT2D eigenvalue weighted by Gasteiger charge is 2.23. The van der Waals surface area contributed by atoms with Crippen molar-refractivity contribution in [2.24, 2.45) is 0 Å². The first kappa shape index (κ1) is 25.6. The van der Waals surface area contributed by atoms with Gasteiger partial charge in [-0.05, 0) is 31.0 Å². The molecule has 0 aromatic heterocycles. The standard InChI is InChI=1S/C22H29ClN2O6S/c1-16-7-5-8-17(13-16)31-12-10-24-22(26)9-6-11-25(32(4,27)28)19-15-20(29-2)18(23)14-21(19)30-3/h5,7-8,13-15H,6,9-12H2,1-4H3,(H,24,26). The third-order valence-electron chi connectivity index (χ3n) is 4.57. The molecule has 0 heterocycles. The summed E-state index contributed by atoms with van der Waals surface area (Å²) in [5.41, 5.74) is 1.39. The minimum absolute atomic E-state index is 0.0905. The van der Waals surface area contributed by atoms with Gasteiger partial charge in [0.25, 0.3) is 0 Å². The van der Waals surface area contributed by atoms with Gasteiger partial charge in [-0.15, -0.1) is 0 Å². The Hall–Kier alpha value is -2.65. The Morgan fingerprint density at radius 2 is 1.84 bits per heavy atom. The van der Waals surface area contributed by atoms with Gasteiger partial charge in [0, 0.05) is 25.1 Å². The zero-order valence-electron chi connectivity index (χ0n) is 18.7. The van der Waals surface area contributed by atoms with Gasteiger partial charge >= 0.3 is 0 Å². The van der Waals surface area contributed by atoms with Crippen molar-refractivity contribution in [1.29, 1.82) is 0 Å². The van der Waals surface area contributed by atoms with Crippen molar-refractivity contribution in [1.82, 2.24) is 5.32 Å². The molecule has 1 amide bonds. The SMILES string of the molecule is COc1cc(N(CCCC(=O)NCCOc2cccc(C)c2)S(C)(=O)=O)c(OC)cc1Cl. The fraction of sp³-hybridized carbons (Fsp3) is 0.409. The van der Waals surface area contributed by atoms with Crippen LogP contribution in [0.2, 0.25) is 5.02 Å². The minimum Gasteiger partial charge on any atom is -0.495 e. The van der Waals surface area contributed by atoms with E-state index >= 15 is 0 Å². The number of benzene rings is 2. The zero-order valence-corrected chi connectivity index (χ0v) is 20.3. The number of anilines is 1. The van der Waals surface area contributed by atoms with E-state index in [-0.39, 0.29) is 18.9 Å². The molecular formula is C22H29ClN2O6S. The predicted octanol–water partition coefficient (Wildman–Crippen LogP) is 3.41. The second kappa shape index (κ2) is 11.8. The average Bonchev–Trinajstić information content (AvgIpc) is 2.73. The van der Waals surface area contributed by atoms with Gasteiger partial charge in [-0.1, -0.05) is 23.7 Å². The molecule has 1 N–H and O–H groups in total. The normalized spacial score (nSPS) is 11.0. The number of hydrogen-bond acceptors (Lipinski definition) is 6. The smallest absolute Gasteiger partial charge is 0.232 e. The van der Waals surface area contributed by atoms with E-state index < -0.39 is 10.0 Å². The molecule has 32 heavy (non-hydrogen) atoms. The van der Waals surface area contributed by atoms with Gasteiger partial charge in [0.05, 0.1) is 37.7 Å². The Kier molecular flexibility index (Phi) is 9.46. The van der Waals surface area contributed by atoms with Crippen LogP contribution in [0.15, 0.2) is 36.4 Å². The third kappa shape index (κ3) is 7.49. The number of nitrogens with zero attached hydrogens (tertiary/aromatic N) is 1. The van der Waals surface area contributed by atoms with E-state index in [0.717, 1.165) is 17.6 Å². The van der Waals surface area contributed by atoms with Crippen molar-refractivity contribution in [2.45, 2.75) is 19.8 Å². The number of hydrogen-bond donors (Lipinski definition) is 1. The third-order valence-corrected chi connectivity index (χ3v) is 6.05. The highest BCUT2D eigenvalue weighted by molar-refractivity contribution is 7.92. The topological polar surface area (TPSA) is 94.2 Å². The first-order chi connectivity index (χ1) is 15.2. The van der Waals surface area contributed by atoms with E-state index in [4.69, 9.17) is 25.8 Å². The number of halogens is 1. The van der Waals surface area contributed by atoms with Crippen molar-refractivity contribution in [2.75, 3.05) is 44.5 Å². The lowest BCUT2D eigenvalue weighted by Crippen LogP contribution is -2.33. The van der Waals surface area contributed by atoms with Gasteiger partial charge in [-0.2, -0.15) is 0 Å². The Bertz CT molecular complexity index is 1030. The molecule has 176 valence electrons. The second-order valence-electron chi connectivity index (χ2n) is 7.11. The lowest BCUT2D eigenvalue weighted by molar-refractivity contribution is -0.121. The second-order valence-corrected chi connectivity index (χ2v) is 9.43. The molecule has 0 saturated carbocycles. The summed E-state index contributed by atoms with van der Waals surface area (Å²) in [4.78, 5) is 12.1. The van der Waals surface area contributed by atoms with Crippen LogP contribution in [0.4, 0.5) is 5.69 Å². The number of carbonyl (C=O) groups is 1. The van der Waals surface area contributed by atoms with Gasteiger partial charge < -0.3 is 19.5 Å². The number of amides is 1. The predicted molar refractivity (Wildman–Crippen MR) is 126 cm³/mol. The quantitative estimate of drug-likeness (QED) is 0.464. The maximum absolute atomic E-state index is 12.4. The lowest BCUT2D eigenvalue weighted by atomic mass is 10.2. The van der Waals surface area contributed by atoms with Crippen LogP contribution in [0.25, 0.3) is 0 Å². The van der Waals surface area contributed by atoms with Crippen LogP contribution >= 0.6 is 11.6 Å². The molecule has 2 aromatic rings. The molecule has 0 radical (unpaired) electrons. The summed E-state index contributed by atoms with van der Waals surface area (Å²) in [6.45, 7) is 2.76. The summed E-state index contributed by atoms with van der Waals surface area (Å²) in [6, 6.07) is 10.7. The highest BCUT2D eigenvalue weighted by atomic mass is 35.5. The zero-order chi connectivity index (χ0) is 23.7. The molecule has 2 rings (SSSR count). The first-order valence-corrected chi connectivity index (χ1v) is 12.2. The fourth-order valence-electron chi connectivity index (χ4n) is 3.04. The van der Waals surface area contributed by atoms with E-state index in [2.05, 4.69) is 5.32 Å². The van der Waals surface area contributed by atoms with Gasteiger partial charge in [0.1, 0.15) is 23.9 Å². The van der Waals surface area contributed by atoms with Crippen LogP contribution < -0.4 is 23.8 Å². The number of aryl methyl sites for hydroxylation is 1. The molecular weight excluding hydrogens is 456 g/mol. The van der Waals surface area contributed by atoms with Crippen LogP contribution in [0.1, 0.15) is 18.4 Å². The molecule has 0 aliphatic carbocycles. The Morgan fingerprint density at radius 3 is 2.47 bits per heavy atom. The number of ether oxygens (including phenoxy) is 3. The van der Waals surface area contributed by atoms with Crippen LogP contribution in [0.5, 0.6) is 17.2 Å². The monoisotopic (exact) mass is 484 g/mol. The van der Waals surface area contributed by atoms with E-state index in [1.54, 1.807) is 0 Å². The number of sulfonamides is 1. The van der Waals surface area contributed by atoms with Crippen molar-refractivity contribution in [3.05, 3.63) is 47.0 Å². The summed E-state index contributed by atoms with van der Waals surface area (Å²) >= 11 is 6.12. The molecule has 0 atom stereocenters. The lowest BCUT2D eigenvalue weighted by Gasteiger charge is -2.25. The number of carbonyl (C=O) groups excluding carboxylic acids is 1. The Labute approximate surface area is 194 Å². The molecule has 0 fully saturated rings. The number of rotatable bonds is 12. The molecule has 0 aliphatic rings. The molecule has 0 unspecified atom stereocenters. The summed E-state index contributed by atoms with van der Waals surface area (Å²) in [5, 5.41) is 3.07.